The number of nitrogens with one attached hydrogen (secondary N) is 2. The van der Waals surface area contributed by atoms with Gasteiger partial charge in [0, 0.05) is 5.69 Å². The molecule has 0 unspecified atom stereocenters. The average molecular weight is 368 g/mol. The van der Waals surface area contributed by atoms with Crippen molar-refractivity contribution >= 4 is 23.5 Å². The van der Waals surface area contributed by atoms with Gasteiger partial charge in [-0.1, -0.05) is 29.8 Å². The summed E-state index contributed by atoms with van der Waals surface area (Å²) < 4.78 is 0. The van der Waals surface area contributed by atoms with Crippen molar-refractivity contribution in [2.24, 2.45) is 0 Å². The highest BCUT2D eigenvalue weighted by Gasteiger charge is 2.10. The molecule has 0 atom stereocenters. The van der Waals surface area contributed by atoms with E-state index in [0.29, 0.717) is 12.1 Å². The first-order valence-electron chi connectivity index (χ1n) is 8.68. The SMILES string of the molecule is Cc1cc(C)c(CC(=O)Nc2ccc(CC(=O)NCC(=O)O)cc2)c(C)c1. The van der Waals surface area contributed by atoms with Crippen LogP contribution in [0.3, 0.4) is 0 Å². The Morgan fingerprint density at radius 1 is 0.889 bits per heavy atom. The van der Waals surface area contributed by atoms with Gasteiger partial charge in [0.2, 0.25) is 11.8 Å². The summed E-state index contributed by atoms with van der Waals surface area (Å²) in [5, 5.41) is 13.7. The minimum Gasteiger partial charge on any atom is -0.480 e. The summed E-state index contributed by atoms with van der Waals surface area (Å²) >= 11 is 0. The normalized spacial score (nSPS) is 10.3. The van der Waals surface area contributed by atoms with Gasteiger partial charge in [0.1, 0.15) is 6.54 Å². The summed E-state index contributed by atoms with van der Waals surface area (Å²) in [6, 6.07) is 11.1. The number of benzene rings is 2. The van der Waals surface area contributed by atoms with Gasteiger partial charge in [0.05, 0.1) is 12.8 Å². The molecule has 6 nitrogen and oxygen atoms in total. The number of carbonyl (C=O) groups is 3. The highest BCUT2D eigenvalue weighted by atomic mass is 16.4. The monoisotopic (exact) mass is 368 g/mol. The maximum atomic E-state index is 12.4. The van der Waals surface area contributed by atoms with Gasteiger partial charge in [0.25, 0.3) is 0 Å². The molecule has 0 fully saturated rings. The van der Waals surface area contributed by atoms with Crippen LogP contribution >= 0.6 is 0 Å². The standard InChI is InChI=1S/C21H24N2O4/c1-13-8-14(2)18(15(3)9-13)11-20(25)23-17-6-4-16(5-7-17)10-19(24)22-12-21(26)27/h4-9H,10-12H2,1-3H3,(H,22,24)(H,23,25)(H,26,27). The lowest BCUT2D eigenvalue weighted by molar-refractivity contribution is -0.137. The largest absolute Gasteiger partial charge is 0.480 e. The number of amides is 2. The Morgan fingerprint density at radius 3 is 2.04 bits per heavy atom. The van der Waals surface area contributed by atoms with E-state index in [2.05, 4.69) is 22.8 Å². The second kappa shape index (κ2) is 8.98. The van der Waals surface area contributed by atoms with E-state index in [1.54, 1.807) is 24.3 Å². The van der Waals surface area contributed by atoms with Crippen LogP contribution in [-0.4, -0.2) is 29.4 Å². The second-order valence-corrected chi connectivity index (χ2v) is 6.65. The van der Waals surface area contributed by atoms with Gasteiger partial charge >= 0.3 is 5.97 Å². The Balaban J connectivity index is 1.93. The molecular formula is C21H24N2O4. The van der Waals surface area contributed by atoms with Gasteiger partial charge in [-0.3, -0.25) is 14.4 Å². The average Bonchev–Trinajstić information content (AvgIpc) is 2.58. The minimum atomic E-state index is -1.08. The molecule has 0 heterocycles. The zero-order valence-electron chi connectivity index (χ0n) is 15.8. The first-order valence-corrected chi connectivity index (χ1v) is 8.68. The highest BCUT2D eigenvalue weighted by molar-refractivity contribution is 5.92. The molecule has 0 aliphatic rings. The van der Waals surface area contributed by atoms with Gasteiger partial charge in [-0.25, -0.2) is 0 Å². The second-order valence-electron chi connectivity index (χ2n) is 6.65. The molecule has 2 rings (SSSR count). The van der Waals surface area contributed by atoms with Crippen molar-refractivity contribution in [3.05, 3.63) is 64.2 Å². The summed E-state index contributed by atoms with van der Waals surface area (Å²) in [5.74, 6) is -1.54. The van der Waals surface area contributed by atoms with E-state index in [0.717, 1.165) is 22.3 Å². The number of carbonyl (C=O) groups excluding carboxylic acids is 2. The Hall–Kier alpha value is -3.15. The fourth-order valence-electron chi connectivity index (χ4n) is 2.98. The minimum absolute atomic E-state index is 0.0866. The van der Waals surface area contributed by atoms with Gasteiger partial charge in [-0.2, -0.15) is 0 Å². The lowest BCUT2D eigenvalue weighted by Crippen LogP contribution is -2.30. The molecule has 2 aromatic rings. The van der Waals surface area contributed by atoms with E-state index < -0.39 is 12.5 Å². The van der Waals surface area contributed by atoms with Crippen LogP contribution in [0.15, 0.2) is 36.4 Å². The fourth-order valence-corrected chi connectivity index (χ4v) is 2.98. The molecule has 0 saturated heterocycles. The van der Waals surface area contributed by atoms with Crippen LogP contribution in [0.25, 0.3) is 0 Å². The number of carboxylic acid groups (broad SMARTS) is 1. The Labute approximate surface area is 158 Å². The molecule has 0 spiro atoms. The number of carboxylic acids is 1. The summed E-state index contributed by atoms with van der Waals surface area (Å²) in [6.07, 6.45) is 0.389. The summed E-state index contributed by atoms with van der Waals surface area (Å²) in [7, 11) is 0. The lowest BCUT2D eigenvalue weighted by atomic mass is 9.97. The molecule has 0 aromatic heterocycles. The molecule has 0 aliphatic heterocycles. The van der Waals surface area contributed by atoms with Crippen molar-refractivity contribution in [1.82, 2.24) is 5.32 Å². The van der Waals surface area contributed by atoms with Gasteiger partial charge < -0.3 is 15.7 Å². The van der Waals surface area contributed by atoms with Crippen LogP contribution in [0.1, 0.15) is 27.8 Å². The molecule has 142 valence electrons. The smallest absolute Gasteiger partial charge is 0.322 e. The van der Waals surface area contributed by atoms with Crippen molar-refractivity contribution in [1.29, 1.82) is 0 Å². The summed E-state index contributed by atoms with van der Waals surface area (Å²) in [5.41, 5.74) is 5.80. The molecule has 3 N–H and O–H groups in total. The number of aryl methyl sites for hydroxylation is 3. The molecule has 0 bridgehead atoms. The highest BCUT2D eigenvalue weighted by Crippen LogP contribution is 2.18. The van der Waals surface area contributed by atoms with Crippen LogP contribution in [0, 0.1) is 20.8 Å². The summed E-state index contributed by atoms with van der Waals surface area (Å²) in [4.78, 5) is 34.4. The third-order valence-electron chi connectivity index (χ3n) is 4.22. The Kier molecular flexibility index (Phi) is 6.71. The van der Waals surface area contributed by atoms with Gasteiger partial charge in [0.15, 0.2) is 0 Å². The summed E-state index contributed by atoms with van der Waals surface area (Å²) in [6.45, 7) is 5.65. The predicted molar refractivity (Wildman–Crippen MR) is 104 cm³/mol. The lowest BCUT2D eigenvalue weighted by Gasteiger charge is -2.12. The van der Waals surface area contributed by atoms with Crippen LogP contribution in [0.2, 0.25) is 0 Å². The van der Waals surface area contributed by atoms with Crippen molar-refractivity contribution < 1.29 is 19.5 Å². The number of hydrogen-bond acceptors (Lipinski definition) is 3. The van der Waals surface area contributed by atoms with Crippen LogP contribution in [-0.2, 0) is 27.2 Å². The number of rotatable bonds is 7. The van der Waals surface area contributed by atoms with Gasteiger partial charge in [-0.05, 0) is 55.2 Å². The maximum absolute atomic E-state index is 12.4. The molecule has 0 aliphatic carbocycles. The molecule has 0 radical (unpaired) electrons. The van der Waals surface area contributed by atoms with E-state index in [9.17, 15) is 14.4 Å². The molecule has 2 aromatic carbocycles. The number of aliphatic carboxylic acids is 1. The molecule has 27 heavy (non-hydrogen) atoms. The zero-order chi connectivity index (χ0) is 20.0. The van der Waals surface area contributed by atoms with E-state index in [-0.39, 0.29) is 18.2 Å². The number of hydrogen-bond donors (Lipinski definition) is 3. The Morgan fingerprint density at radius 2 is 1.48 bits per heavy atom. The first kappa shape index (κ1) is 20.2. The van der Waals surface area contributed by atoms with Crippen LogP contribution in [0.5, 0.6) is 0 Å². The first-order chi connectivity index (χ1) is 12.7. The van der Waals surface area contributed by atoms with E-state index in [1.807, 2.05) is 20.8 Å². The van der Waals surface area contributed by atoms with E-state index in [4.69, 9.17) is 5.11 Å². The quantitative estimate of drug-likeness (QED) is 0.700. The van der Waals surface area contributed by atoms with E-state index in [1.165, 1.54) is 5.56 Å². The predicted octanol–water partition coefficient (Wildman–Crippen LogP) is 2.54. The van der Waals surface area contributed by atoms with Gasteiger partial charge in [-0.15, -0.1) is 0 Å². The van der Waals surface area contributed by atoms with Crippen molar-refractivity contribution in [2.75, 3.05) is 11.9 Å². The van der Waals surface area contributed by atoms with E-state index >= 15 is 0 Å². The Bertz CT molecular complexity index is 834. The van der Waals surface area contributed by atoms with Crippen molar-refractivity contribution in [3.63, 3.8) is 0 Å². The molecular weight excluding hydrogens is 344 g/mol. The molecule has 2 amide bonds. The topological polar surface area (TPSA) is 95.5 Å². The zero-order valence-corrected chi connectivity index (χ0v) is 15.8. The fraction of sp³-hybridized carbons (Fsp3) is 0.286. The maximum Gasteiger partial charge on any atom is 0.322 e. The van der Waals surface area contributed by atoms with Crippen molar-refractivity contribution in [3.8, 4) is 0 Å². The van der Waals surface area contributed by atoms with Crippen LogP contribution in [0.4, 0.5) is 5.69 Å². The third kappa shape index (κ3) is 6.26. The molecule has 6 heteroatoms. The number of anilines is 1. The third-order valence-corrected chi connectivity index (χ3v) is 4.22. The molecule has 0 saturated carbocycles. The van der Waals surface area contributed by atoms with Crippen molar-refractivity contribution in [2.45, 2.75) is 33.6 Å². The van der Waals surface area contributed by atoms with Crippen LogP contribution < -0.4 is 10.6 Å².